The summed E-state index contributed by atoms with van der Waals surface area (Å²) in [5.74, 6) is -0.380. The molecule has 0 spiro atoms. The molecule has 10 heteroatoms. The van der Waals surface area contributed by atoms with E-state index >= 15 is 0 Å². The van der Waals surface area contributed by atoms with Crippen LogP contribution in [-0.4, -0.2) is 51.3 Å². The zero-order valence-corrected chi connectivity index (χ0v) is 17.6. The topological polar surface area (TPSA) is 65.8 Å². The van der Waals surface area contributed by atoms with Gasteiger partial charge in [-0.3, -0.25) is 0 Å². The number of nitrogens with zero attached hydrogens (tertiary/aromatic N) is 5. The molecule has 0 bridgehead atoms. The highest BCUT2D eigenvalue weighted by Gasteiger charge is 2.41. The van der Waals surface area contributed by atoms with E-state index in [1.807, 2.05) is 11.8 Å². The number of hydrogen-bond acceptors (Lipinski definition) is 4. The molecule has 1 aromatic carbocycles. The molecule has 1 N–H and O–H groups in total. The second-order valence-corrected chi connectivity index (χ2v) is 8.53. The average Bonchev–Trinajstić information content (AvgIpc) is 3.49. The highest BCUT2D eigenvalue weighted by Crippen LogP contribution is 2.42. The zero-order valence-electron chi connectivity index (χ0n) is 17.6. The lowest BCUT2D eigenvalue weighted by Gasteiger charge is -2.37. The molecule has 2 aromatic heterocycles. The van der Waals surface area contributed by atoms with Crippen LogP contribution in [0, 0.1) is 11.6 Å². The van der Waals surface area contributed by atoms with E-state index in [9.17, 15) is 18.0 Å². The van der Waals surface area contributed by atoms with Gasteiger partial charge < -0.3 is 15.1 Å². The summed E-state index contributed by atoms with van der Waals surface area (Å²) in [6.07, 6.45) is 3.95. The first kappa shape index (κ1) is 20.6. The first-order chi connectivity index (χ1) is 15.3. The van der Waals surface area contributed by atoms with Gasteiger partial charge in [0, 0.05) is 24.8 Å². The summed E-state index contributed by atoms with van der Waals surface area (Å²) in [4.78, 5) is 20.6. The second-order valence-electron chi connectivity index (χ2n) is 8.53. The number of carbonyl (C=O) groups is 1. The third kappa shape index (κ3) is 3.43. The van der Waals surface area contributed by atoms with E-state index in [1.54, 1.807) is 12.3 Å². The summed E-state index contributed by atoms with van der Waals surface area (Å²) in [7, 11) is 0. The number of nitrogens with one attached hydrogen (secondary N) is 1. The maximum Gasteiger partial charge on any atom is 0.322 e. The smallest absolute Gasteiger partial charge is 0.322 e. The number of urea groups is 1. The lowest BCUT2D eigenvalue weighted by molar-refractivity contribution is 0.218. The molecule has 2 aliphatic heterocycles. The number of likely N-dealkylation sites (tertiary alicyclic amines) is 1. The summed E-state index contributed by atoms with van der Waals surface area (Å²) >= 11 is 0. The van der Waals surface area contributed by atoms with Gasteiger partial charge in [-0.1, -0.05) is 0 Å². The number of halogens is 3. The molecule has 0 radical (unpaired) electrons. The van der Waals surface area contributed by atoms with Gasteiger partial charge in [0.1, 0.15) is 29.3 Å². The van der Waals surface area contributed by atoms with Gasteiger partial charge in [0.2, 0.25) is 0 Å². The van der Waals surface area contributed by atoms with Crippen LogP contribution in [0.2, 0.25) is 0 Å². The Bertz CT molecular complexity index is 1180. The van der Waals surface area contributed by atoms with Crippen LogP contribution < -0.4 is 10.2 Å². The van der Waals surface area contributed by atoms with Gasteiger partial charge in [-0.2, -0.15) is 5.10 Å². The average molecular weight is 444 g/mol. The molecule has 2 atom stereocenters. The van der Waals surface area contributed by atoms with Crippen LogP contribution in [0.15, 0.2) is 36.7 Å². The van der Waals surface area contributed by atoms with Gasteiger partial charge in [-0.05, 0) is 50.5 Å². The fraction of sp³-hybridized carbons (Fsp3) is 0.409. The van der Waals surface area contributed by atoms with Crippen molar-refractivity contribution in [2.24, 2.45) is 0 Å². The van der Waals surface area contributed by atoms with Gasteiger partial charge in [0.15, 0.2) is 5.65 Å². The largest absolute Gasteiger partial charge is 0.347 e. The van der Waals surface area contributed by atoms with Crippen LogP contribution in [0.4, 0.5) is 29.5 Å². The molecule has 0 unspecified atom stereocenters. The van der Waals surface area contributed by atoms with Crippen LogP contribution >= 0.6 is 0 Å². The molecule has 2 aliphatic rings. The Labute approximate surface area is 182 Å². The van der Waals surface area contributed by atoms with E-state index in [0.717, 1.165) is 18.6 Å². The molecule has 168 valence electrons. The van der Waals surface area contributed by atoms with E-state index in [4.69, 9.17) is 0 Å². The predicted octanol–water partition coefficient (Wildman–Crippen LogP) is 4.10. The predicted molar refractivity (Wildman–Crippen MR) is 113 cm³/mol. The first-order valence-corrected chi connectivity index (χ1v) is 10.6. The van der Waals surface area contributed by atoms with Crippen molar-refractivity contribution in [3.8, 4) is 0 Å². The van der Waals surface area contributed by atoms with Crippen molar-refractivity contribution >= 4 is 23.2 Å². The molecular weight excluding hydrogens is 421 g/mol. The maximum absolute atomic E-state index is 14.6. The minimum Gasteiger partial charge on any atom is -0.347 e. The lowest BCUT2D eigenvalue weighted by Crippen LogP contribution is -2.40. The number of anilines is 2. The van der Waals surface area contributed by atoms with Crippen LogP contribution in [-0.2, 0) is 5.54 Å². The van der Waals surface area contributed by atoms with Crippen molar-refractivity contribution in [1.82, 2.24) is 19.5 Å². The van der Waals surface area contributed by atoms with E-state index in [0.29, 0.717) is 43.1 Å². The monoisotopic (exact) mass is 444 g/mol. The van der Waals surface area contributed by atoms with Crippen molar-refractivity contribution in [3.63, 3.8) is 0 Å². The Kier molecular flexibility index (Phi) is 4.94. The first-order valence-electron chi connectivity index (χ1n) is 10.6. The van der Waals surface area contributed by atoms with Crippen molar-refractivity contribution in [1.29, 1.82) is 0 Å². The molecule has 32 heavy (non-hydrogen) atoms. The Morgan fingerprint density at radius 1 is 1.25 bits per heavy atom. The fourth-order valence-corrected chi connectivity index (χ4v) is 4.71. The Hall–Kier alpha value is -3.30. The third-order valence-corrected chi connectivity index (χ3v) is 6.44. The standard InChI is InChI=1S/C22H23F3N6O/c1-22(16-11-14(23)3-4-17(16)25)7-2-8-30(22)19-6-10-31-20(28-19)18(12-26-31)27-21(32)29-9-5-15(24)13-29/h3-4,6,10-12,15H,2,5,7-9,13H2,1H3,(H,27,32)/t15-,22+/m0/s1. The minimum atomic E-state index is -1.01. The molecule has 2 amide bonds. The quantitative estimate of drug-likeness (QED) is 0.661. The minimum absolute atomic E-state index is 0.0645. The van der Waals surface area contributed by atoms with Gasteiger partial charge in [-0.15, -0.1) is 0 Å². The molecule has 7 nitrogen and oxygen atoms in total. The summed E-state index contributed by atoms with van der Waals surface area (Å²) in [6.45, 7) is 2.92. The molecule has 4 heterocycles. The summed E-state index contributed by atoms with van der Waals surface area (Å²) < 4.78 is 43.5. The van der Waals surface area contributed by atoms with Crippen molar-refractivity contribution < 1.29 is 18.0 Å². The molecule has 3 aromatic rings. The van der Waals surface area contributed by atoms with Gasteiger partial charge in [0.25, 0.3) is 0 Å². The summed E-state index contributed by atoms with van der Waals surface area (Å²) in [5.41, 5.74) is 0.332. The number of alkyl halides is 1. The maximum atomic E-state index is 14.6. The number of hydrogen-bond donors (Lipinski definition) is 1. The molecule has 5 rings (SSSR count). The number of amides is 2. The number of aromatic nitrogens is 3. The van der Waals surface area contributed by atoms with Gasteiger partial charge in [0.05, 0.1) is 18.3 Å². The third-order valence-electron chi connectivity index (χ3n) is 6.44. The fourth-order valence-electron chi connectivity index (χ4n) is 4.71. The van der Waals surface area contributed by atoms with Crippen LogP contribution in [0.5, 0.6) is 0 Å². The summed E-state index contributed by atoms with van der Waals surface area (Å²) in [5, 5.41) is 6.98. The molecule has 0 aliphatic carbocycles. The second kappa shape index (κ2) is 7.68. The zero-order chi connectivity index (χ0) is 22.5. The lowest BCUT2D eigenvalue weighted by atomic mass is 9.88. The molecule has 0 saturated carbocycles. The van der Waals surface area contributed by atoms with Crippen molar-refractivity contribution in [3.05, 3.63) is 53.9 Å². The molecule has 2 saturated heterocycles. The molecular formula is C22H23F3N6O. The van der Waals surface area contributed by atoms with Crippen LogP contribution in [0.1, 0.15) is 31.7 Å². The number of benzene rings is 1. The van der Waals surface area contributed by atoms with Gasteiger partial charge in [-0.25, -0.2) is 27.5 Å². The van der Waals surface area contributed by atoms with E-state index in [-0.39, 0.29) is 12.1 Å². The van der Waals surface area contributed by atoms with E-state index in [2.05, 4.69) is 15.4 Å². The van der Waals surface area contributed by atoms with Gasteiger partial charge >= 0.3 is 6.03 Å². The Morgan fingerprint density at radius 2 is 2.09 bits per heavy atom. The Balaban J connectivity index is 1.47. The van der Waals surface area contributed by atoms with Crippen LogP contribution in [0.25, 0.3) is 5.65 Å². The Morgan fingerprint density at radius 3 is 2.88 bits per heavy atom. The van der Waals surface area contributed by atoms with Crippen molar-refractivity contribution in [2.45, 2.75) is 37.9 Å². The summed E-state index contributed by atoms with van der Waals surface area (Å²) in [6, 6.07) is 4.86. The highest BCUT2D eigenvalue weighted by atomic mass is 19.1. The van der Waals surface area contributed by atoms with E-state index < -0.39 is 29.4 Å². The number of fused-ring (bicyclic) bond motifs is 1. The number of rotatable bonds is 3. The normalized spacial score (nSPS) is 23.3. The number of carbonyl (C=O) groups excluding carboxylic acids is 1. The van der Waals surface area contributed by atoms with Crippen LogP contribution in [0.3, 0.4) is 0 Å². The van der Waals surface area contributed by atoms with E-state index in [1.165, 1.54) is 21.7 Å². The highest BCUT2D eigenvalue weighted by molar-refractivity contribution is 5.93. The van der Waals surface area contributed by atoms with Crippen molar-refractivity contribution in [2.75, 3.05) is 29.9 Å². The molecule has 2 fully saturated rings. The SMILES string of the molecule is C[C@]1(c2cc(F)ccc2F)CCCN1c1ccn2ncc(NC(=O)N3CC[C@H](F)C3)c2n1.